The van der Waals surface area contributed by atoms with Crippen LogP contribution in [0, 0.1) is 5.92 Å². The maximum absolute atomic E-state index is 12.7. The Morgan fingerprint density at radius 3 is 2.37 bits per heavy atom. The van der Waals surface area contributed by atoms with E-state index >= 15 is 0 Å². The molecule has 1 aromatic carbocycles. The van der Waals surface area contributed by atoms with Gasteiger partial charge in [0.1, 0.15) is 0 Å². The monoisotopic (exact) mass is 393 g/mol. The lowest BCUT2D eigenvalue weighted by Crippen LogP contribution is -2.52. The number of carbonyl (C=O) groups is 2. The van der Waals surface area contributed by atoms with Crippen molar-refractivity contribution in [2.75, 3.05) is 32.4 Å². The molecule has 0 bridgehead atoms. The van der Waals surface area contributed by atoms with Crippen LogP contribution >= 0.6 is 0 Å². The van der Waals surface area contributed by atoms with E-state index in [1.807, 2.05) is 4.90 Å². The summed E-state index contributed by atoms with van der Waals surface area (Å²) in [5, 5.41) is 0. The van der Waals surface area contributed by atoms with Gasteiger partial charge in [0, 0.05) is 50.0 Å². The largest absolute Gasteiger partial charge is 0.339 e. The van der Waals surface area contributed by atoms with Crippen molar-refractivity contribution in [2.24, 2.45) is 11.7 Å². The van der Waals surface area contributed by atoms with E-state index in [2.05, 4.69) is 0 Å². The molecule has 2 amide bonds. The van der Waals surface area contributed by atoms with Gasteiger partial charge in [-0.05, 0) is 37.5 Å². The summed E-state index contributed by atoms with van der Waals surface area (Å²) in [6.45, 7) is 1.91. The lowest BCUT2D eigenvalue weighted by Gasteiger charge is -2.37. The fourth-order valence-corrected chi connectivity index (χ4v) is 4.55. The zero-order chi connectivity index (χ0) is 19.6. The average molecular weight is 394 g/mol. The number of carbonyl (C=O) groups excluding carboxylic acids is 2. The number of hydrogen-bond donors (Lipinski definition) is 1. The first-order valence-corrected chi connectivity index (χ1v) is 11.3. The van der Waals surface area contributed by atoms with Gasteiger partial charge in [0.15, 0.2) is 9.84 Å². The highest BCUT2D eigenvalue weighted by Crippen LogP contribution is 2.25. The van der Waals surface area contributed by atoms with Crippen LogP contribution in [0.5, 0.6) is 0 Å². The summed E-state index contributed by atoms with van der Waals surface area (Å²) in [5.41, 5.74) is 6.35. The van der Waals surface area contributed by atoms with E-state index in [1.54, 1.807) is 17.0 Å². The SMILES string of the molecule is CS(=O)(=O)c1cccc(C(=O)N2CCN(C(=O)C3CCCC(N)C3)CC2)c1. The minimum atomic E-state index is -3.36. The van der Waals surface area contributed by atoms with Crippen molar-refractivity contribution in [1.82, 2.24) is 9.80 Å². The number of piperazine rings is 1. The Morgan fingerprint density at radius 2 is 1.74 bits per heavy atom. The summed E-state index contributed by atoms with van der Waals surface area (Å²) in [6.07, 6.45) is 4.74. The first-order valence-electron chi connectivity index (χ1n) is 9.39. The highest BCUT2D eigenvalue weighted by atomic mass is 32.2. The molecule has 2 fully saturated rings. The Labute approximate surface area is 160 Å². The van der Waals surface area contributed by atoms with Crippen LogP contribution in [0.3, 0.4) is 0 Å². The summed E-state index contributed by atoms with van der Waals surface area (Å²) in [5.74, 6) is -0.0499. The second kappa shape index (κ2) is 7.98. The molecule has 1 heterocycles. The van der Waals surface area contributed by atoms with Gasteiger partial charge in [-0.15, -0.1) is 0 Å². The van der Waals surface area contributed by atoms with Crippen LogP contribution in [0.1, 0.15) is 36.0 Å². The number of rotatable bonds is 3. The molecule has 0 aromatic heterocycles. The molecule has 1 saturated carbocycles. The molecule has 7 nitrogen and oxygen atoms in total. The number of nitrogens with zero attached hydrogens (tertiary/aromatic N) is 2. The molecule has 148 valence electrons. The van der Waals surface area contributed by atoms with E-state index in [0.29, 0.717) is 31.7 Å². The van der Waals surface area contributed by atoms with Crippen molar-refractivity contribution >= 4 is 21.7 Å². The maximum atomic E-state index is 12.7. The molecule has 27 heavy (non-hydrogen) atoms. The van der Waals surface area contributed by atoms with Crippen molar-refractivity contribution < 1.29 is 18.0 Å². The zero-order valence-electron chi connectivity index (χ0n) is 15.6. The predicted molar refractivity (Wildman–Crippen MR) is 102 cm³/mol. The smallest absolute Gasteiger partial charge is 0.254 e. The van der Waals surface area contributed by atoms with Crippen LogP contribution in [-0.4, -0.2) is 68.5 Å². The molecule has 3 rings (SSSR count). The van der Waals surface area contributed by atoms with Gasteiger partial charge >= 0.3 is 0 Å². The van der Waals surface area contributed by atoms with Crippen molar-refractivity contribution in [1.29, 1.82) is 0 Å². The topological polar surface area (TPSA) is 101 Å². The molecular formula is C19H27N3O4S. The molecule has 1 saturated heterocycles. The molecule has 2 N–H and O–H groups in total. The number of benzene rings is 1. The van der Waals surface area contributed by atoms with Crippen LogP contribution in [0.15, 0.2) is 29.2 Å². The van der Waals surface area contributed by atoms with Gasteiger partial charge in [-0.3, -0.25) is 9.59 Å². The summed E-state index contributed by atoms with van der Waals surface area (Å²) >= 11 is 0. The number of sulfone groups is 1. The van der Waals surface area contributed by atoms with Crippen molar-refractivity contribution in [2.45, 2.75) is 36.6 Å². The van der Waals surface area contributed by atoms with Crippen molar-refractivity contribution in [3.05, 3.63) is 29.8 Å². The molecule has 1 aliphatic carbocycles. The summed E-state index contributed by atoms with van der Waals surface area (Å²) < 4.78 is 23.4. The highest BCUT2D eigenvalue weighted by Gasteiger charge is 2.31. The fraction of sp³-hybridized carbons (Fsp3) is 0.579. The third-order valence-electron chi connectivity index (χ3n) is 5.45. The van der Waals surface area contributed by atoms with E-state index in [-0.39, 0.29) is 28.7 Å². The van der Waals surface area contributed by atoms with Crippen LogP contribution in [0.25, 0.3) is 0 Å². The fourth-order valence-electron chi connectivity index (χ4n) is 3.88. The second-order valence-electron chi connectivity index (χ2n) is 7.54. The van der Waals surface area contributed by atoms with E-state index < -0.39 is 9.84 Å². The third-order valence-corrected chi connectivity index (χ3v) is 6.56. The predicted octanol–water partition coefficient (Wildman–Crippen LogP) is 0.892. The van der Waals surface area contributed by atoms with E-state index in [4.69, 9.17) is 5.73 Å². The molecule has 0 radical (unpaired) electrons. The second-order valence-corrected chi connectivity index (χ2v) is 9.56. The first kappa shape index (κ1) is 19.8. The summed E-state index contributed by atoms with van der Waals surface area (Å²) in [6, 6.07) is 6.21. The summed E-state index contributed by atoms with van der Waals surface area (Å²) in [7, 11) is -3.36. The van der Waals surface area contributed by atoms with Gasteiger partial charge in [0.2, 0.25) is 5.91 Å². The van der Waals surface area contributed by atoms with Gasteiger partial charge in [-0.1, -0.05) is 12.5 Å². The lowest BCUT2D eigenvalue weighted by molar-refractivity contribution is -0.138. The van der Waals surface area contributed by atoms with E-state index in [0.717, 1.165) is 31.9 Å². The Balaban J connectivity index is 1.60. The highest BCUT2D eigenvalue weighted by molar-refractivity contribution is 7.90. The minimum Gasteiger partial charge on any atom is -0.339 e. The minimum absolute atomic E-state index is 0.00226. The standard InChI is InChI=1S/C19H27N3O4S/c1-27(25,26)17-7-3-5-15(13-17)19(24)22-10-8-21(9-11-22)18(23)14-4-2-6-16(20)12-14/h3,5,7,13-14,16H,2,4,6,8-12,20H2,1H3. The van der Waals surface area contributed by atoms with Crippen LogP contribution in [0.4, 0.5) is 0 Å². The Bertz CT molecular complexity index is 816. The van der Waals surface area contributed by atoms with Crippen LogP contribution < -0.4 is 5.73 Å². The quantitative estimate of drug-likeness (QED) is 0.822. The molecule has 2 aliphatic rings. The Morgan fingerprint density at radius 1 is 1.07 bits per heavy atom. The van der Waals surface area contributed by atoms with Crippen molar-refractivity contribution in [3.8, 4) is 0 Å². The van der Waals surface area contributed by atoms with Crippen LogP contribution in [-0.2, 0) is 14.6 Å². The molecule has 2 atom stereocenters. The van der Waals surface area contributed by atoms with Gasteiger partial charge in [-0.25, -0.2) is 8.42 Å². The van der Waals surface area contributed by atoms with Crippen molar-refractivity contribution in [3.63, 3.8) is 0 Å². The molecule has 2 unspecified atom stereocenters. The third kappa shape index (κ3) is 4.68. The molecule has 0 spiro atoms. The molecule has 1 aliphatic heterocycles. The average Bonchev–Trinajstić information content (AvgIpc) is 2.66. The number of amides is 2. The number of hydrogen-bond acceptors (Lipinski definition) is 5. The molecule has 1 aromatic rings. The molecular weight excluding hydrogens is 366 g/mol. The van der Waals surface area contributed by atoms with Gasteiger partial charge < -0.3 is 15.5 Å². The molecule has 8 heteroatoms. The summed E-state index contributed by atoms with van der Waals surface area (Å²) in [4.78, 5) is 29.1. The van der Waals surface area contributed by atoms with E-state index in [1.165, 1.54) is 12.1 Å². The maximum Gasteiger partial charge on any atom is 0.254 e. The first-order chi connectivity index (χ1) is 12.8. The van der Waals surface area contributed by atoms with Gasteiger partial charge in [0.05, 0.1) is 4.90 Å². The lowest BCUT2D eigenvalue weighted by atomic mass is 9.85. The Kier molecular flexibility index (Phi) is 5.86. The van der Waals surface area contributed by atoms with E-state index in [9.17, 15) is 18.0 Å². The Hall–Kier alpha value is -1.93. The zero-order valence-corrected chi connectivity index (χ0v) is 16.5. The normalized spacial score (nSPS) is 23.9. The van der Waals surface area contributed by atoms with Gasteiger partial charge in [0.25, 0.3) is 5.91 Å². The number of nitrogens with two attached hydrogens (primary N) is 1. The van der Waals surface area contributed by atoms with Crippen LogP contribution in [0.2, 0.25) is 0 Å². The van der Waals surface area contributed by atoms with Gasteiger partial charge in [-0.2, -0.15) is 0 Å².